The van der Waals surface area contributed by atoms with Gasteiger partial charge >= 0.3 is 0 Å². The van der Waals surface area contributed by atoms with E-state index in [0.29, 0.717) is 23.9 Å². The van der Waals surface area contributed by atoms with Crippen LogP contribution in [0, 0.1) is 11.8 Å². The first kappa shape index (κ1) is 30.5. The predicted molar refractivity (Wildman–Crippen MR) is 216 cm³/mol. The fraction of sp³-hybridized carbons (Fsp3) is 0.224. The van der Waals surface area contributed by atoms with Crippen molar-refractivity contribution in [3.63, 3.8) is 0 Å². The van der Waals surface area contributed by atoms with E-state index < -0.39 is 0 Å². The quantitative estimate of drug-likeness (QED) is 0.167. The lowest BCUT2D eigenvalue weighted by atomic mass is 9.66. The summed E-state index contributed by atoms with van der Waals surface area (Å²) in [5.41, 5.74) is 11.7. The molecule has 0 spiro atoms. The van der Waals surface area contributed by atoms with Crippen molar-refractivity contribution in [2.24, 2.45) is 11.8 Å². The van der Waals surface area contributed by atoms with Crippen molar-refractivity contribution in [2.75, 3.05) is 4.90 Å². The lowest BCUT2D eigenvalue weighted by Gasteiger charge is -2.39. The van der Waals surface area contributed by atoms with Crippen LogP contribution in [0.3, 0.4) is 0 Å². The number of hydrogen-bond donors (Lipinski definition) is 0. The van der Waals surface area contributed by atoms with Gasteiger partial charge in [-0.3, -0.25) is 0 Å². The molecule has 0 amide bonds. The summed E-state index contributed by atoms with van der Waals surface area (Å²) in [7, 11) is 0. The highest BCUT2D eigenvalue weighted by molar-refractivity contribution is 6.10. The summed E-state index contributed by atoms with van der Waals surface area (Å²) in [5, 5.41) is 2.66. The van der Waals surface area contributed by atoms with Gasteiger partial charge in [0, 0.05) is 39.5 Å². The lowest BCUT2D eigenvalue weighted by molar-refractivity contribution is 0.311. The SMILES string of the molecule is C[C@@]1(c2cccc3c4ccccc4n(-c4cccc(C5=CCCC=C5)c4)c23)C=CC2C(C1)C1C=CCCC1N2c1ccc(-c2ccccc2)cc1. The lowest BCUT2D eigenvalue weighted by Crippen LogP contribution is -2.40. The molecule has 0 saturated carbocycles. The summed E-state index contributed by atoms with van der Waals surface area (Å²) >= 11 is 0. The van der Waals surface area contributed by atoms with E-state index in [4.69, 9.17) is 0 Å². The molecule has 0 radical (unpaired) electrons. The van der Waals surface area contributed by atoms with Gasteiger partial charge in [0.15, 0.2) is 0 Å². The van der Waals surface area contributed by atoms with Gasteiger partial charge in [-0.05, 0) is 96.2 Å². The van der Waals surface area contributed by atoms with Crippen molar-refractivity contribution in [2.45, 2.75) is 56.5 Å². The minimum atomic E-state index is -0.109. The molecular weight excluding hydrogens is 617 g/mol. The van der Waals surface area contributed by atoms with Crippen molar-refractivity contribution in [1.29, 1.82) is 0 Å². The third-order valence-corrected chi connectivity index (χ3v) is 12.4. The molecule has 1 aromatic heterocycles. The zero-order valence-corrected chi connectivity index (χ0v) is 29.3. The molecule has 250 valence electrons. The number of rotatable bonds is 5. The van der Waals surface area contributed by atoms with Crippen LogP contribution < -0.4 is 4.90 Å². The fourth-order valence-electron chi connectivity index (χ4n) is 10.0. The Morgan fingerprint density at radius 3 is 2.29 bits per heavy atom. The Kier molecular flexibility index (Phi) is 7.27. The number of nitrogens with zero attached hydrogens (tertiary/aromatic N) is 2. The summed E-state index contributed by atoms with van der Waals surface area (Å²) in [6.45, 7) is 2.50. The molecule has 1 saturated heterocycles. The minimum Gasteiger partial charge on any atom is -0.361 e. The van der Waals surface area contributed by atoms with Gasteiger partial charge in [-0.2, -0.15) is 0 Å². The number of benzene rings is 5. The van der Waals surface area contributed by atoms with Crippen LogP contribution in [0.1, 0.15) is 50.2 Å². The Morgan fingerprint density at radius 1 is 0.647 bits per heavy atom. The Balaban J connectivity index is 1.09. The van der Waals surface area contributed by atoms with Crippen LogP contribution >= 0.6 is 0 Å². The van der Waals surface area contributed by atoms with E-state index in [1.54, 1.807) is 0 Å². The molecule has 51 heavy (non-hydrogen) atoms. The first-order valence-electron chi connectivity index (χ1n) is 19.0. The van der Waals surface area contributed by atoms with E-state index in [-0.39, 0.29) is 5.41 Å². The van der Waals surface area contributed by atoms with Crippen molar-refractivity contribution < 1.29 is 0 Å². The topological polar surface area (TPSA) is 8.17 Å². The molecule has 10 rings (SSSR count). The Bertz CT molecular complexity index is 2390. The average Bonchev–Trinajstić information content (AvgIpc) is 3.71. The third kappa shape index (κ3) is 4.99. The molecule has 5 aromatic carbocycles. The molecule has 0 bridgehead atoms. The molecular formula is C49H44N2. The van der Waals surface area contributed by atoms with Crippen molar-refractivity contribution >= 4 is 33.1 Å². The van der Waals surface area contributed by atoms with Crippen molar-refractivity contribution in [1.82, 2.24) is 4.57 Å². The number of aromatic nitrogens is 1. The first-order valence-corrected chi connectivity index (χ1v) is 19.0. The molecule has 2 heteroatoms. The molecule has 1 fully saturated rings. The Hall–Kier alpha value is -5.34. The van der Waals surface area contributed by atoms with Crippen molar-refractivity contribution in [3.05, 3.63) is 175 Å². The van der Waals surface area contributed by atoms with Crippen LogP contribution in [0.5, 0.6) is 0 Å². The first-order chi connectivity index (χ1) is 25.2. The molecule has 2 heterocycles. The molecule has 4 aliphatic rings. The summed E-state index contributed by atoms with van der Waals surface area (Å²) in [6, 6.07) is 46.3. The van der Waals surface area contributed by atoms with E-state index in [0.717, 1.165) is 25.7 Å². The summed E-state index contributed by atoms with van der Waals surface area (Å²) in [6.07, 6.45) is 22.9. The van der Waals surface area contributed by atoms with E-state index in [9.17, 15) is 0 Å². The maximum atomic E-state index is 2.78. The highest BCUT2D eigenvalue weighted by Gasteiger charge is 2.51. The van der Waals surface area contributed by atoms with Crippen molar-refractivity contribution in [3.8, 4) is 16.8 Å². The van der Waals surface area contributed by atoms with Gasteiger partial charge in [0.1, 0.15) is 0 Å². The van der Waals surface area contributed by atoms with Gasteiger partial charge < -0.3 is 9.47 Å². The maximum Gasteiger partial charge on any atom is 0.0581 e. The largest absolute Gasteiger partial charge is 0.361 e. The van der Waals surface area contributed by atoms with Crippen LogP contribution in [0.15, 0.2) is 164 Å². The van der Waals surface area contributed by atoms with Crippen LogP contribution in [-0.2, 0) is 5.41 Å². The summed E-state index contributed by atoms with van der Waals surface area (Å²) in [4.78, 5) is 2.78. The van der Waals surface area contributed by atoms with Crippen LogP contribution in [0.2, 0.25) is 0 Å². The average molecular weight is 661 g/mol. The number of allylic oxidation sites excluding steroid dienone is 6. The highest BCUT2D eigenvalue weighted by atomic mass is 15.2. The number of para-hydroxylation sites is 2. The highest BCUT2D eigenvalue weighted by Crippen LogP contribution is 2.53. The molecule has 2 nitrogen and oxygen atoms in total. The summed E-state index contributed by atoms with van der Waals surface area (Å²) in [5.74, 6) is 1.08. The van der Waals surface area contributed by atoms with Gasteiger partial charge in [0.2, 0.25) is 0 Å². The van der Waals surface area contributed by atoms with E-state index >= 15 is 0 Å². The zero-order chi connectivity index (χ0) is 33.9. The van der Waals surface area contributed by atoms with Crippen LogP contribution in [0.4, 0.5) is 5.69 Å². The van der Waals surface area contributed by atoms with Gasteiger partial charge in [-0.25, -0.2) is 0 Å². The van der Waals surface area contributed by atoms with Gasteiger partial charge in [-0.1, -0.05) is 140 Å². The predicted octanol–water partition coefficient (Wildman–Crippen LogP) is 12.2. The Morgan fingerprint density at radius 2 is 1.43 bits per heavy atom. The van der Waals surface area contributed by atoms with E-state index in [1.165, 1.54) is 67.4 Å². The molecule has 4 unspecified atom stereocenters. The fourth-order valence-corrected chi connectivity index (χ4v) is 10.0. The molecule has 1 aliphatic heterocycles. The third-order valence-electron chi connectivity index (χ3n) is 12.4. The second-order valence-corrected chi connectivity index (χ2v) is 15.3. The minimum absolute atomic E-state index is 0.109. The second-order valence-electron chi connectivity index (χ2n) is 15.3. The zero-order valence-electron chi connectivity index (χ0n) is 29.3. The molecule has 5 atom stereocenters. The van der Waals surface area contributed by atoms with Crippen LogP contribution in [0.25, 0.3) is 44.2 Å². The second kappa shape index (κ2) is 12.2. The van der Waals surface area contributed by atoms with Gasteiger partial charge in [0.25, 0.3) is 0 Å². The van der Waals surface area contributed by atoms with Gasteiger partial charge in [-0.15, -0.1) is 0 Å². The standard InChI is InChI=1S/C49H44N2/c1-49(31-30-47-43(33-49)41-21-9-10-24-45(41)50(47)38-28-26-36(27-29-38)34-14-4-2-5-15-34)44-23-13-22-42-40-20-8-11-25-46(40)51(48(42)44)39-19-12-18-37(32-39)35-16-6-3-7-17-35/h2,4-6,8-9,11-23,25-32,41,43,45,47H,3,7,10,24,33H2,1H3/t41?,43?,45?,47?,49-/m1/s1. The molecule has 6 aromatic rings. The number of hydrogen-bond acceptors (Lipinski definition) is 1. The Labute approximate surface area is 301 Å². The van der Waals surface area contributed by atoms with E-state index in [2.05, 4.69) is 180 Å². The number of fused-ring (bicyclic) bond motifs is 6. The van der Waals surface area contributed by atoms with Crippen LogP contribution in [-0.4, -0.2) is 16.7 Å². The molecule has 3 aliphatic carbocycles. The van der Waals surface area contributed by atoms with Gasteiger partial charge in [0.05, 0.1) is 17.1 Å². The normalized spacial score (nSPS) is 25.3. The monoisotopic (exact) mass is 660 g/mol. The summed E-state index contributed by atoms with van der Waals surface area (Å²) < 4.78 is 2.56. The van der Waals surface area contributed by atoms with E-state index in [1.807, 2.05) is 0 Å². The maximum absolute atomic E-state index is 2.78. The molecule has 0 N–H and O–H groups in total. The smallest absolute Gasteiger partial charge is 0.0581 e. The number of anilines is 1.